The zero-order valence-electron chi connectivity index (χ0n) is 17.4. The van der Waals surface area contributed by atoms with Crippen molar-refractivity contribution in [1.29, 1.82) is 0 Å². The predicted octanol–water partition coefficient (Wildman–Crippen LogP) is -3.23. The fourth-order valence-corrected chi connectivity index (χ4v) is 2.76. The first-order chi connectivity index (χ1) is 14.4. The zero-order valence-corrected chi connectivity index (χ0v) is 18.2. The fourth-order valence-electron chi connectivity index (χ4n) is 2.29. The van der Waals surface area contributed by atoms with Crippen molar-refractivity contribution in [2.24, 2.45) is 17.2 Å². The summed E-state index contributed by atoms with van der Waals surface area (Å²) in [7, 11) is 0. The molecule has 0 spiro atoms. The Labute approximate surface area is 183 Å². The van der Waals surface area contributed by atoms with E-state index in [9.17, 15) is 28.8 Å². The maximum Gasteiger partial charge on any atom is 0.326 e. The van der Waals surface area contributed by atoms with Crippen LogP contribution in [0.15, 0.2) is 0 Å². The molecule has 0 heterocycles. The van der Waals surface area contributed by atoms with Crippen molar-refractivity contribution in [3.05, 3.63) is 0 Å². The monoisotopic (exact) mass is 462 g/mol. The summed E-state index contributed by atoms with van der Waals surface area (Å²) in [4.78, 5) is 69.9. The van der Waals surface area contributed by atoms with Gasteiger partial charge in [-0.15, -0.1) is 0 Å². The van der Waals surface area contributed by atoms with Gasteiger partial charge in [0.25, 0.3) is 0 Å². The molecule has 0 saturated carbocycles. The van der Waals surface area contributed by atoms with E-state index >= 15 is 0 Å². The highest BCUT2D eigenvalue weighted by atomic mass is 32.2. The number of carboxylic acid groups (broad SMARTS) is 1. The van der Waals surface area contributed by atoms with E-state index in [4.69, 9.17) is 22.3 Å². The lowest BCUT2D eigenvalue weighted by Gasteiger charge is -2.23. The minimum atomic E-state index is -1.54. The summed E-state index contributed by atoms with van der Waals surface area (Å²) >= 11 is 1.40. The van der Waals surface area contributed by atoms with Crippen LogP contribution in [0.3, 0.4) is 0 Å². The molecule has 0 aromatic carbocycles. The van der Waals surface area contributed by atoms with E-state index in [0.29, 0.717) is 5.75 Å². The summed E-state index contributed by atoms with van der Waals surface area (Å²) in [6, 6.07) is -4.78. The largest absolute Gasteiger partial charge is 0.480 e. The smallest absolute Gasteiger partial charge is 0.326 e. The highest BCUT2D eigenvalue weighted by Crippen LogP contribution is 2.04. The van der Waals surface area contributed by atoms with Crippen molar-refractivity contribution in [3.63, 3.8) is 0 Å². The fraction of sp³-hybridized carbons (Fsp3) is 0.647. The average Bonchev–Trinajstić information content (AvgIpc) is 2.67. The number of carbonyl (C=O) groups excluding carboxylic acids is 5. The normalized spacial score (nSPS) is 14.4. The summed E-state index contributed by atoms with van der Waals surface area (Å²) in [5.41, 5.74) is 15.6. The Kier molecular flexibility index (Phi) is 12.9. The van der Waals surface area contributed by atoms with E-state index in [2.05, 4.69) is 16.0 Å². The number of hydrogen-bond donors (Lipinski definition) is 7. The lowest BCUT2D eigenvalue weighted by atomic mass is 10.1. The molecule has 0 aliphatic rings. The molecular weight excluding hydrogens is 432 g/mol. The summed E-state index contributed by atoms with van der Waals surface area (Å²) in [6.07, 6.45) is 1.24. The van der Waals surface area contributed by atoms with Crippen molar-refractivity contribution in [2.75, 3.05) is 12.0 Å². The van der Waals surface area contributed by atoms with Crippen molar-refractivity contribution >= 4 is 47.3 Å². The third-order valence-electron chi connectivity index (χ3n) is 4.05. The molecule has 5 amide bonds. The van der Waals surface area contributed by atoms with E-state index in [0.717, 1.165) is 0 Å². The molecule has 0 rings (SSSR count). The van der Waals surface area contributed by atoms with Gasteiger partial charge in [-0.2, -0.15) is 11.8 Å². The second kappa shape index (κ2) is 14.2. The standard InChI is InChI=1S/C17H30N6O7S/c1-8(21-15(27)9(18)3-4-12(19)24)14(26)22-10(5-6-31-2)16(28)23-11(17(29)30)7-13(20)25/h8-11H,3-7,18H2,1-2H3,(H2,19,24)(H2,20,25)(H,21,27)(H,22,26)(H,23,28)(H,29,30). The molecule has 0 radical (unpaired) electrons. The van der Waals surface area contributed by atoms with Gasteiger partial charge in [-0.05, 0) is 31.8 Å². The van der Waals surface area contributed by atoms with Gasteiger partial charge in [0.15, 0.2) is 0 Å². The second-order valence-corrected chi connectivity index (χ2v) is 7.74. The number of primary amides is 2. The molecule has 0 saturated heterocycles. The zero-order chi connectivity index (χ0) is 24.1. The first-order valence-corrected chi connectivity index (χ1v) is 10.7. The lowest BCUT2D eigenvalue weighted by Crippen LogP contribution is -2.56. The van der Waals surface area contributed by atoms with E-state index < -0.39 is 66.1 Å². The van der Waals surface area contributed by atoms with Gasteiger partial charge in [0.1, 0.15) is 18.1 Å². The topological polar surface area (TPSA) is 237 Å². The molecule has 13 nitrogen and oxygen atoms in total. The molecule has 0 bridgehead atoms. The van der Waals surface area contributed by atoms with Crippen LogP contribution < -0.4 is 33.2 Å². The van der Waals surface area contributed by atoms with Crippen molar-refractivity contribution < 1.29 is 33.9 Å². The number of thioether (sulfide) groups is 1. The Morgan fingerprint density at radius 2 is 1.45 bits per heavy atom. The molecule has 0 aliphatic carbocycles. The Bertz CT molecular complexity index is 690. The van der Waals surface area contributed by atoms with Crippen LogP contribution in [0, 0.1) is 0 Å². The predicted molar refractivity (Wildman–Crippen MR) is 112 cm³/mol. The molecule has 0 aromatic rings. The van der Waals surface area contributed by atoms with Gasteiger partial charge in [0.2, 0.25) is 29.5 Å². The molecule has 0 fully saturated rings. The van der Waals surface area contributed by atoms with E-state index in [1.165, 1.54) is 18.7 Å². The summed E-state index contributed by atoms with van der Waals surface area (Å²) in [5.74, 6) is -4.72. The Morgan fingerprint density at radius 1 is 0.871 bits per heavy atom. The lowest BCUT2D eigenvalue weighted by molar-refractivity contribution is -0.143. The summed E-state index contributed by atoms with van der Waals surface area (Å²) in [5, 5.41) is 16.1. The van der Waals surface area contributed by atoms with Crippen LogP contribution >= 0.6 is 11.8 Å². The number of aliphatic carboxylic acids is 1. The van der Waals surface area contributed by atoms with Crippen LogP contribution in [-0.4, -0.2) is 76.8 Å². The maximum atomic E-state index is 12.5. The van der Waals surface area contributed by atoms with Crippen LogP contribution in [0.4, 0.5) is 0 Å². The summed E-state index contributed by atoms with van der Waals surface area (Å²) in [6.45, 7) is 1.37. The molecule has 14 heteroatoms. The van der Waals surface area contributed by atoms with Crippen LogP contribution in [0.5, 0.6) is 0 Å². The quantitative estimate of drug-likeness (QED) is 0.129. The number of rotatable bonds is 15. The van der Waals surface area contributed by atoms with Gasteiger partial charge < -0.3 is 38.3 Å². The van der Waals surface area contributed by atoms with Crippen molar-refractivity contribution in [1.82, 2.24) is 16.0 Å². The van der Waals surface area contributed by atoms with Crippen LogP contribution in [0.1, 0.15) is 32.6 Å². The van der Waals surface area contributed by atoms with Crippen LogP contribution in [0.25, 0.3) is 0 Å². The van der Waals surface area contributed by atoms with Crippen LogP contribution in [-0.2, 0) is 28.8 Å². The van der Waals surface area contributed by atoms with Crippen molar-refractivity contribution in [3.8, 4) is 0 Å². The number of carbonyl (C=O) groups is 6. The Hall–Kier alpha value is -2.87. The van der Waals surface area contributed by atoms with Gasteiger partial charge in [0.05, 0.1) is 12.5 Å². The molecule has 4 atom stereocenters. The third-order valence-corrected chi connectivity index (χ3v) is 4.70. The first-order valence-electron chi connectivity index (χ1n) is 9.34. The van der Waals surface area contributed by atoms with E-state index in [1.54, 1.807) is 6.26 Å². The van der Waals surface area contributed by atoms with Gasteiger partial charge >= 0.3 is 5.97 Å². The average molecular weight is 463 g/mol. The number of nitrogens with two attached hydrogens (primary N) is 3. The third kappa shape index (κ3) is 11.8. The number of amides is 5. The number of carboxylic acids is 1. The molecule has 4 unspecified atom stereocenters. The highest BCUT2D eigenvalue weighted by Gasteiger charge is 2.29. The number of nitrogens with one attached hydrogen (secondary N) is 3. The van der Waals surface area contributed by atoms with Crippen LogP contribution in [0.2, 0.25) is 0 Å². The molecule has 31 heavy (non-hydrogen) atoms. The first kappa shape index (κ1) is 28.1. The highest BCUT2D eigenvalue weighted by molar-refractivity contribution is 7.98. The van der Waals surface area contributed by atoms with E-state index in [1.807, 2.05) is 0 Å². The van der Waals surface area contributed by atoms with Crippen molar-refractivity contribution in [2.45, 2.75) is 56.8 Å². The molecular formula is C17H30N6O7S. The summed E-state index contributed by atoms with van der Waals surface area (Å²) < 4.78 is 0. The second-order valence-electron chi connectivity index (χ2n) is 6.75. The maximum absolute atomic E-state index is 12.5. The molecule has 0 aliphatic heterocycles. The minimum absolute atomic E-state index is 0.00466. The van der Waals surface area contributed by atoms with E-state index in [-0.39, 0.29) is 19.3 Å². The van der Waals surface area contributed by atoms with Gasteiger partial charge in [-0.3, -0.25) is 24.0 Å². The molecule has 176 valence electrons. The Morgan fingerprint density at radius 3 is 1.94 bits per heavy atom. The van der Waals surface area contributed by atoms with Gasteiger partial charge in [0, 0.05) is 6.42 Å². The van der Waals surface area contributed by atoms with Gasteiger partial charge in [-0.1, -0.05) is 0 Å². The SMILES string of the molecule is CSCCC(NC(=O)C(C)NC(=O)C(N)CCC(N)=O)C(=O)NC(CC(N)=O)C(=O)O. The molecule has 0 aromatic heterocycles. The Balaban J connectivity index is 5.04. The number of hydrogen-bond acceptors (Lipinski definition) is 8. The van der Waals surface area contributed by atoms with Gasteiger partial charge in [-0.25, -0.2) is 4.79 Å². The minimum Gasteiger partial charge on any atom is -0.480 e. The molecule has 10 N–H and O–H groups in total.